The Bertz CT molecular complexity index is 819. The van der Waals surface area contributed by atoms with Crippen LogP contribution in [0.1, 0.15) is 11.3 Å². The second-order valence-corrected chi connectivity index (χ2v) is 6.95. The van der Waals surface area contributed by atoms with Gasteiger partial charge in [0.2, 0.25) is 0 Å². The molecule has 3 aromatic rings. The quantitative estimate of drug-likeness (QED) is 0.546. The molecule has 0 saturated carbocycles. The van der Waals surface area contributed by atoms with Gasteiger partial charge in [-0.3, -0.25) is 4.90 Å². The van der Waals surface area contributed by atoms with Crippen molar-refractivity contribution >= 4 is 11.6 Å². The van der Waals surface area contributed by atoms with Gasteiger partial charge in [0.15, 0.2) is 0 Å². The third kappa shape index (κ3) is 6.30. The summed E-state index contributed by atoms with van der Waals surface area (Å²) in [7, 11) is 1.62. The molecule has 0 aliphatic rings. The minimum absolute atomic E-state index is 0.196. The SMILES string of the molecule is COc1ccc(OCC(O)CN(Cc2ccc(Cl)cc2)Cc2ccco2)cc1. The van der Waals surface area contributed by atoms with Crippen molar-refractivity contribution in [3.63, 3.8) is 0 Å². The van der Waals surface area contributed by atoms with Gasteiger partial charge in [-0.05, 0) is 54.1 Å². The highest BCUT2D eigenvalue weighted by atomic mass is 35.5. The molecular weight excluding hydrogens is 378 g/mol. The van der Waals surface area contributed by atoms with Crippen LogP contribution in [-0.4, -0.2) is 36.4 Å². The van der Waals surface area contributed by atoms with E-state index in [1.807, 2.05) is 60.7 Å². The van der Waals surface area contributed by atoms with Crippen LogP contribution in [0.5, 0.6) is 11.5 Å². The van der Waals surface area contributed by atoms with Gasteiger partial charge in [0.05, 0.1) is 19.9 Å². The maximum atomic E-state index is 10.5. The Hall–Kier alpha value is -2.47. The Morgan fingerprint density at radius 3 is 2.36 bits per heavy atom. The van der Waals surface area contributed by atoms with Gasteiger partial charge in [0, 0.05) is 18.1 Å². The standard InChI is InChI=1S/C22H24ClNO4/c1-26-20-8-10-21(11-9-20)28-16-19(25)14-24(15-22-3-2-12-27-22)13-17-4-6-18(23)7-5-17/h2-12,19,25H,13-16H2,1H3. The number of hydrogen-bond acceptors (Lipinski definition) is 5. The van der Waals surface area contributed by atoms with Gasteiger partial charge < -0.3 is 19.0 Å². The van der Waals surface area contributed by atoms with Crippen molar-refractivity contribution in [2.45, 2.75) is 19.2 Å². The first-order valence-corrected chi connectivity index (χ1v) is 9.44. The normalized spacial score (nSPS) is 12.1. The Labute approximate surface area is 170 Å². The number of hydrogen-bond donors (Lipinski definition) is 1. The molecule has 1 atom stereocenters. The van der Waals surface area contributed by atoms with E-state index in [-0.39, 0.29) is 6.61 Å². The molecule has 2 aromatic carbocycles. The van der Waals surface area contributed by atoms with Crippen molar-refractivity contribution in [3.05, 3.63) is 83.3 Å². The average molecular weight is 402 g/mol. The Morgan fingerprint density at radius 1 is 1.00 bits per heavy atom. The van der Waals surface area contributed by atoms with Gasteiger partial charge in [-0.25, -0.2) is 0 Å². The molecule has 1 heterocycles. The maximum Gasteiger partial charge on any atom is 0.119 e. The molecule has 0 fully saturated rings. The summed E-state index contributed by atoms with van der Waals surface area (Å²) in [5.41, 5.74) is 1.11. The number of nitrogens with zero attached hydrogens (tertiary/aromatic N) is 1. The molecule has 6 heteroatoms. The van der Waals surface area contributed by atoms with Crippen molar-refractivity contribution in [1.29, 1.82) is 0 Å². The lowest BCUT2D eigenvalue weighted by Gasteiger charge is -2.24. The predicted octanol–water partition coefficient (Wildman–Crippen LogP) is 4.38. The monoisotopic (exact) mass is 401 g/mol. The maximum absolute atomic E-state index is 10.5. The molecule has 1 unspecified atom stereocenters. The van der Waals surface area contributed by atoms with E-state index in [2.05, 4.69) is 4.90 Å². The topological polar surface area (TPSA) is 55.1 Å². The highest BCUT2D eigenvalue weighted by Gasteiger charge is 2.15. The van der Waals surface area contributed by atoms with Gasteiger partial charge in [0.1, 0.15) is 30.0 Å². The Kier molecular flexibility index (Phi) is 7.37. The van der Waals surface area contributed by atoms with Crippen LogP contribution >= 0.6 is 11.6 Å². The number of aliphatic hydroxyl groups excluding tert-OH is 1. The Balaban J connectivity index is 1.57. The minimum atomic E-state index is -0.649. The fourth-order valence-corrected chi connectivity index (χ4v) is 3.00. The predicted molar refractivity (Wildman–Crippen MR) is 109 cm³/mol. The summed E-state index contributed by atoms with van der Waals surface area (Å²) in [6.07, 6.45) is 1.00. The van der Waals surface area contributed by atoms with Gasteiger partial charge in [-0.2, -0.15) is 0 Å². The van der Waals surface area contributed by atoms with Crippen molar-refractivity contribution in [3.8, 4) is 11.5 Å². The fourth-order valence-electron chi connectivity index (χ4n) is 2.87. The number of halogens is 1. The molecule has 28 heavy (non-hydrogen) atoms. The number of rotatable bonds is 10. The number of ether oxygens (including phenoxy) is 2. The fraction of sp³-hybridized carbons (Fsp3) is 0.273. The zero-order valence-electron chi connectivity index (χ0n) is 15.8. The van der Waals surface area contributed by atoms with Crippen LogP contribution in [0.15, 0.2) is 71.3 Å². The molecule has 0 aliphatic carbocycles. The summed E-state index contributed by atoms with van der Waals surface area (Å²) in [6.45, 7) is 1.90. The van der Waals surface area contributed by atoms with E-state index >= 15 is 0 Å². The number of methoxy groups -OCH3 is 1. The van der Waals surface area contributed by atoms with Crippen molar-refractivity contribution < 1.29 is 19.0 Å². The minimum Gasteiger partial charge on any atom is -0.497 e. The van der Waals surface area contributed by atoms with E-state index in [4.69, 9.17) is 25.5 Å². The molecule has 0 radical (unpaired) electrons. The van der Waals surface area contributed by atoms with Gasteiger partial charge in [-0.15, -0.1) is 0 Å². The van der Waals surface area contributed by atoms with Crippen LogP contribution in [-0.2, 0) is 13.1 Å². The largest absolute Gasteiger partial charge is 0.497 e. The smallest absolute Gasteiger partial charge is 0.119 e. The number of aliphatic hydroxyl groups is 1. The van der Waals surface area contributed by atoms with Crippen LogP contribution in [0.25, 0.3) is 0 Å². The van der Waals surface area contributed by atoms with Crippen molar-refractivity contribution in [1.82, 2.24) is 4.90 Å². The summed E-state index contributed by atoms with van der Waals surface area (Å²) in [4.78, 5) is 2.12. The molecule has 1 aromatic heterocycles. The third-order valence-corrected chi connectivity index (χ3v) is 4.50. The summed E-state index contributed by atoms with van der Waals surface area (Å²) in [6, 6.07) is 18.8. The first-order chi connectivity index (χ1) is 13.6. The summed E-state index contributed by atoms with van der Waals surface area (Å²) >= 11 is 5.97. The molecule has 148 valence electrons. The molecule has 1 N–H and O–H groups in total. The molecule has 5 nitrogen and oxygen atoms in total. The first kappa shape index (κ1) is 20.3. The van der Waals surface area contributed by atoms with Crippen molar-refractivity contribution in [2.24, 2.45) is 0 Å². The van der Waals surface area contributed by atoms with E-state index in [9.17, 15) is 5.11 Å². The molecule has 0 aliphatic heterocycles. The third-order valence-electron chi connectivity index (χ3n) is 4.25. The number of benzene rings is 2. The summed E-state index contributed by atoms with van der Waals surface area (Å²) in [5.74, 6) is 2.30. The van der Waals surface area contributed by atoms with Crippen LogP contribution < -0.4 is 9.47 Å². The van der Waals surface area contributed by atoms with E-state index in [0.29, 0.717) is 30.4 Å². The van der Waals surface area contributed by atoms with Crippen LogP contribution in [0.4, 0.5) is 0 Å². The van der Waals surface area contributed by atoms with Crippen LogP contribution in [0.3, 0.4) is 0 Å². The lowest BCUT2D eigenvalue weighted by molar-refractivity contribution is 0.0604. The average Bonchev–Trinajstić information content (AvgIpc) is 3.21. The van der Waals surface area contributed by atoms with Gasteiger partial charge >= 0.3 is 0 Å². The zero-order chi connectivity index (χ0) is 19.8. The zero-order valence-corrected chi connectivity index (χ0v) is 16.5. The van der Waals surface area contributed by atoms with E-state index in [1.165, 1.54) is 0 Å². The molecule has 0 saturated heterocycles. The first-order valence-electron chi connectivity index (χ1n) is 9.06. The van der Waals surface area contributed by atoms with Crippen LogP contribution in [0, 0.1) is 0 Å². The Morgan fingerprint density at radius 2 is 1.71 bits per heavy atom. The van der Waals surface area contributed by atoms with E-state index in [0.717, 1.165) is 17.1 Å². The highest BCUT2D eigenvalue weighted by molar-refractivity contribution is 6.30. The number of furan rings is 1. The van der Waals surface area contributed by atoms with Gasteiger partial charge in [-0.1, -0.05) is 23.7 Å². The second kappa shape index (κ2) is 10.2. The van der Waals surface area contributed by atoms with Crippen molar-refractivity contribution in [2.75, 3.05) is 20.3 Å². The lowest BCUT2D eigenvalue weighted by Crippen LogP contribution is -2.35. The molecule has 0 bridgehead atoms. The molecular formula is C22H24ClNO4. The van der Waals surface area contributed by atoms with Gasteiger partial charge in [0.25, 0.3) is 0 Å². The molecule has 0 spiro atoms. The summed E-state index contributed by atoms with van der Waals surface area (Å²) in [5, 5.41) is 11.2. The molecule has 0 amide bonds. The summed E-state index contributed by atoms with van der Waals surface area (Å²) < 4.78 is 16.3. The van der Waals surface area contributed by atoms with E-state index in [1.54, 1.807) is 13.4 Å². The van der Waals surface area contributed by atoms with E-state index < -0.39 is 6.10 Å². The second-order valence-electron chi connectivity index (χ2n) is 6.52. The molecule has 3 rings (SSSR count). The van der Waals surface area contributed by atoms with Crippen LogP contribution in [0.2, 0.25) is 5.02 Å². The highest BCUT2D eigenvalue weighted by Crippen LogP contribution is 2.18. The lowest BCUT2D eigenvalue weighted by atomic mass is 10.2.